The molecule has 21 heavy (non-hydrogen) atoms. The Bertz CT molecular complexity index is 641. The predicted octanol–water partition coefficient (Wildman–Crippen LogP) is 3.15. The summed E-state index contributed by atoms with van der Waals surface area (Å²) in [4.78, 5) is -0.312. The van der Waals surface area contributed by atoms with Crippen LogP contribution in [0.25, 0.3) is 0 Å². The average molecular weight is 377 g/mol. The van der Waals surface area contributed by atoms with Crippen LogP contribution in [0, 0.1) is 5.82 Å². The van der Waals surface area contributed by atoms with Crippen molar-refractivity contribution in [3.05, 3.63) is 28.0 Å². The van der Waals surface area contributed by atoms with Crippen LogP contribution in [0.5, 0.6) is 0 Å². The Balaban J connectivity index is 2.40. The lowest BCUT2D eigenvalue weighted by Gasteiger charge is -2.35. The molecule has 1 aromatic carbocycles. The molecule has 1 aliphatic heterocycles. The molecule has 0 radical (unpaired) electrons. The highest BCUT2D eigenvalue weighted by Crippen LogP contribution is 2.32. The third kappa shape index (κ3) is 3.46. The van der Waals surface area contributed by atoms with Gasteiger partial charge in [0, 0.05) is 19.0 Å². The van der Waals surface area contributed by atoms with Gasteiger partial charge < -0.3 is 4.74 Å². The van der Waals surface area contributed by atoms with Gasteiger partial charge in [-0.2, -0.15) is 4.31 Å². The molecule has 2 atom stereocenters. The van der Waals surface area contributed by atoms with Crippen molar-refractivity contribution in [2.75, 3.05) is 19.0 Å². The highest BCUT2D eigenvalue weighted by atomic mass is 35.5. The number of ether oxygens (including phenoxy) is 1. The van der Waals surface area contributed by atoms with Crippen molar-refractivity contribution in [3.63, 3.8) is 0 Å². The molecule has 0 aliphatic carbocycles. The van der Waals surface area contributed by atoms with Crippen molar-refractivity contribution >= 4 is 44.8 Å². The second kappa shape index (κ2) is 6.56. The largest absolute Gasteiger partial charge is 0.371 e. The number of nitrogens with zero attached hydrogens (tertiary/aromatic N) is 1. The zero-order valence-electron chi connectivity index (χ0n) is 11.0. The van der Waals surface area contributed by atoms with E-state index in [9.17, 15) is 12.8 Å². The maximum atomic E-state index is 13.7. The van der Waals surface area contributed by atoms with Gasteiger partial charge in [0.2, 0.25) is 10.0 Å². The molecule has 0 spiro atoms. The van der Waals surface area contributed by atoms with Crippen LogP contribution in [0.15, 0.2) is 17.0 Å². The fourth-order valence-electron chi connectivity index (χ4n) is 2.13. The molecule has 1 aliphatic rings. The number of rotatable bonds is 3. The summed E-state index contributed by atoms with van der Waals surface area (Å²) in [5.41, 5.74) is 0. The predicted molar refractivity (Wildman–Crippen MR) is 80.2 cm³/mol. The van der Waals surface area contributed by atoms with Crippen molar-refractivity contribution in [2.24, 2.45) is 0 Å². The lowest BCUT2D eigenvalue weighted by molar-refractivity contribution is -0.0423. The Labute approximate surface area is 137 Å². The van der Waals surface area contributed by atoms with E-state index in [4.69, 9.17) is 39.5 Å². The third-order valence-corrected chi connectivity index (χ3v) is 6.07. The lowest BCUT2D eigenvalue weighted by atomic mass is 10.3. The van der Waals surface area contributed by atoms with Crippen LogP contribution >= 0.6 is 34.8 Å². The molecule has 1 saturated heterocycles. The zero-order chi connectivity index (χ0) is 15.8. The third-order valence-electron chi connectivity index (χ3n) is 3.08. The molecule has 0 saturated carbocycles. The highest BCUT2D eigenvalue weighted by Gasteiger charge is 2.35. The van der Waals surface area contributed by atoms with Crippen LogP contribution in [-0.4, -0.2) is 43.9 Å². The van der Waals surface area contributed by atoms with Gasteiger partial charge in [-0.3, -0.25) is 0 Å². The molecule has 0 aromatic heterocycles. The van der Waals surface area contributed by atoms with Crippen molar-refractivity contribution in [2.45, 2.75) is 24.0 Å². The summed E-state index contributed by atoms with van der Waals surface area (Å²) < 4.78 is 45.6. The minimum atomic E-state index is -3.94. The van der Waals surface area contributed by atoms with E-state index in [1.54, 1.807) is 6.92 Å². The number of benzene rings is 1. The summed E-state index contributed by atoms with van der Waals surface area (Å²) in [5, 5.41) is -0.739. The Hall–Kier alpha value is -0.110. The van der Waals surface area contributed by atoms with E-state index in [-0.39, 0.29) is 35.0 Å². The molecule has 2 rings (SSSR count). The molecule has 118 valence electrons. The first kappa shape index (κ1) is 17.2. The van der Waals surface area contributed by atoms with E-state index in [0.717, 1.165) is 0 Å². The van der Waals surface area contributed by atoms with E-state index < -0.39 is 27.0 Å². The van der Waals surface area contributed by atoms with Gasteiger partial charge in [0.05, 0.1) is 22.3 Å². The Morgan fingerprint density at radius 2 is 2.05 bits per heavy atom. The molecular weight excluding hydrogens is 364 g/mol. The van der Waals surface area contributed by atoms with Crippen LogP contribution in [0.3, 0.4) is 0 Å². The average Bonchev–Trinajstić information content (AvgIpc) is 2.43. The zero-order valence-corrected chi connectivity index (χ0v) is 14.1. The van der Waals surface area contributed by atoms with E-state index in [2.05, 4.69) is 0 Å². The Morgan fingerprint density at radius 1 is 1.38 bits per heavy atom. The van der Waals surface area contributed by atoms with Gasteiger partial charge in [-0.25, -0.2) is 12.8 Å². The van der Waals surface area contributed by atoms with E-state index in [0.29, 0.717) is 0 Å². The van der Waals surface area contributed by atoms with Gasteiger partial charge in [-0.1, -0.05) is 23.2 Å². The molecule has 9 heteroatoms. The van der Waals surface area contributed by atoms with Gasteiger partial charge in [0.25, 0.3) is 0 Å². The van der Waals surface area contributed by atoms with Crippen LogP contribution in [0.2, 0.25) is 10.0 Å². The number of sulfonamides is 1. The number of hydrogen-bond donors (Lipinski definition) is 0. The first-order chi connectivity index (χ1) is 9.77. The fraction of sp³-hybridized carbons (Fsp3) is 0.500. The molecule has 1 aromatic rings. The van der Waals surface area contributed by atoms with Crippen LogP contribution in [-0.2, 0) is 14.8 Å². The first-order valence-electron chi connectivity index (χ1n) is 6.12. The number of hydrogen-bond acceptors (Lipinski definition) is 3. The summed E-state index contributed by atoms with van der Waals surface area (Å²) >= 11 is 17.1. The quantitative estimate of drug-likeness (QED) is 0.601. The number of halogens is 4. The van der Waals surface area contributed by atoms with Crippen molar-refractivity contribution in [3.8, 4) is 0 Å². The van der Waals surface area contributed by atoms with Gasteiger partial charge in [0.15, 0.2) is 5.82 Å². The Morgan fingerprint density at radius 3 is 2.67 bits per heavy atom. The SMILES string of the molecule is CC1CN(S(=O)(=O)c2ccc(Cl)c(F)c2Cl)CC(CCl)O1. The van der Waals surface area contributed by atoms with Gasteiger partial charge in [-0.05, 0) is 19.1 Å². The maximum absolute atomic E-state index is 13.7. The van der Waals surface area contributed by atoms with Gasteiger partial charge >= 0.3 is 0 Å². The molecule has 1 heterocycles. The van der Waals surface area contributed by atoms with E-state index in [1.807, 2.05) is 0 Å². The Kier molecular flexibility index (Phi) is 5.39. The second-order valence-electron chi connectivity index (χ2n) is 4.72. The molecule has 0 bridgehead atoms. The molecule has 1 fully saturated rings. The minimum absolute atomic E-state index is 0.0940. The summed E-state index contributed by atoms with van der Waals surface area (Å²) in [6.07, 6.45) is -0.727. The monoisotopic (exact) mass is 375 g/mol. The second-order valence-corrected chi connectivity index (χ2v) is 7.72. The highest BCUT2D eigenvalue weighted by molar-refractivity contribution is 7.89. The number of morpholine rings is 1. The fourth-order valence-corrected chi connectivity index (χ4v) is 4.57. The maximum Gasteiger partial charge on any atom is 0.244 e. The van der Waals surface area contributed by atoms with Gasteiger partial charge in [-0.15, -0.1) is 11.6 Å². The first-order valence-corrected chi connectivity index (χ1v) is 8.85. The van der Waals surface area contributed by atoms with Crippen molar-refractivity contribution in [1.29, 1.82) is 0 Å². The van der Waals surface area contributed by atoms with Crippen LogP contribution < -0.4 is 0 Å². The molecular formula is C12H13Cl3FNO3S. The smallest absolute Gasteiger partial charge is 0.244 e. The molecule has 0 amide bonds. The molecule has 0 N–H and O–H groups in total. The number of alkyl halides is 1. The normalized spacial score (nSPS) is 24.2. The lowest BCUT2D eigenvalue weighted by Crippen LogP contribution is -2.49. The summed E-state index contributed by atoms with van der Waals surface area (Å²) in [5.74, 6) is -0.784. The van der Waals surface area contributed by atoms with E-state index in [1.165, 1.54) is 16.4 Å². The van der Waals surface area contributed by atoms with Crippen molar-refractivity contribution in [1.82, 2.24) is 4.31 Å². The van der Waals surface area contributed by atoms with Gasteiger partial charge in [0.1, 0.15) is 4.90 Å². The summed E-state index contributed by atoms with van der Waals surface area (Å²) in [6, 6.07) is 2.36. The topological polar surface area (TPSA) is 46.6 Å². The van der Waals surface area contributed by atoms with E-state index >= 15 is 0 Å². The summed E-state index contributed by atoms with van der Waals surface area (Å²) in [6.45, 7) is 1.98. The van der Waals surface area contributed by atoms with Crippen LogP contribution in [0.4, 0.5) is 4.39 Å². The standard InChI is InChI=1S/C12H13Cl3FNO3S/c1-7-5-17(6-8(4-13)20-7)21(18,19)10-3-2-9(14)12(16)11(10)15/h2-3,7-8H,4-6H2,1H3. The van der Waals surface area contributed by atoms with Crippen molar-refractivity contribution < 1.29 is 17.5 Å². The van der Waals surface area contributed by atoms with Crippen LogP contribution in [0.1, 0.15) is 6.92 Å². The minimum Gasteiger partial charge on any atom is -0.371 e. The summed E-state index contributed by atoms with van der Waals surface area (Å²) in [7, 11) is -3.94. The molecule has 4 nitrogen and oxygen atoms in total. The molecule has 2 unspecified atom stereocenters.